The van der Waals surface area contributed by atoms with Crippen LogP contribution in [0.1, 0.15) is 23.4 Å². The molecule has 2 heteroatoms. The van der Waals surface area contributed by atoms with Gasteiger partial charge < -0.3 is 5.32 Å². The summed E-state index contributed by atoms with van der Waals surface area (Å²) in [6.07, 6.45) is 0. The SMILES string of the molecule is CNC(C)c1ccc2cc(C)sc2c1. The minimum atomic E-state index is 0.432. The topological polar surface area (TPSA) is 12.0 Å². The fourth-order valence-electron chi connectivity index (χ4n) is 1.62. The molecule has 1 nitrogen and oxygen atoms in total. The summed E-state index contributed by atoms with van der Waals surface area (Å²) >= 11 is 1.87. The van der Waals surface area contributed by atoms with Gasteiger partial charge in [0.25, 0.3) is 0 Å². The fourth-order valence-corrected chi connectivity index (χ4v) is 2.59. The molecule has 0 radical (unpaired) electrons. The summed E-state index contributed by atoms with van der Waals surface area (Å²) in [6.45, 7) is 4.34. The van der Waals surface area contributed by atoms with Crippen molar-refractivity contribution in [1.82, 2.24) is 5.32 Å². The molecule has 1 aromatic carbocycles. The normalized spacial score (nSPS) is 13.4. The van der Waals surface area contributed by atoms with Gasteiger partial charge in [-0.1, -0.05) is 12.1 Å². The molecule has 0 saturated carbocycles. The molecule has 0 fully saturated rings. The van der Waals surface area contributed by atoms with Crippen molar-refractivity contribution in [1.29, 1.82) is 0 Å². The average molecular weight is 205 g/mol. The van der Waals surface area contributed by atoms with Crippen molar-refractivity contribution < 1.29 is 0 Å². The standard InChI is InChI=1S/C12H15NS/c1-8-6-11-5-4-10(9(2)13-3)7-12(11)14-8/h4-7,9,13H,1-3H3. The minimum Gasteiger partial charge on any atom is -0.313 e. The van der Waals surface area contributed by atoms with Crippen LogP contribution < -0.4 is 5.32 Å². The maximum absolute atomic E-state index is 3.26. The summed E-state index contributed by atoms with van der Waals surface area (Å²) < 4.78 is 1.39. The lowest BCUT2D eigenvalue weighted by Crippen LogP contribution is -2.11. The molecule has 0 saturated heterocycles. The van der Waals surface area contributed by atoms with Crippen molar-refractivity contribution in [2.75, 3.05) is 7.05 Å². The number of thiophene rings is 1. The lowest BCUT2D eigenvalue weighted by molar-refractivity contribution is 0.653. The van der Waals surface area contributed by atoms with Crippen LogP contribution in [0.15, 0.2) is 24.3 Å². The maximum Gasteiger partial charge on any atom is 0.0348 e. The highest BCUT2D eigenvalue weighted by Gasteiger charge is 2.04. The number of benzene rings is 1. The van der Waals surface area contributed by atoms with Gasteiger partial charge in [0.1, 0.15) is 0 Å². The van der Waals surface area contributed by atoms with Crippen LogP contribution in [-0.2, 0) is 0 Å². The van der Waals surface area contributed by atoms with Gasteiger partial charge in [0, 0.05) is 15.6 Å². The highest BCUT2D eigenvalue weighted by Crippen LogP contribution is 2.27. The average Bonchev–Trinajstić information content (AvgIpc) is 2.55. The van der Waals surface area contributed by atoms with Crippen LogP contribution in [-0.4, -0.2) is 7.05 Å². The Balaban J connectivity index is 2.50. The summed E-state index contributed by atoms with van der Waals surface area (Å²) in [7, 11) is 1.99. The van der Waals surface area contributed by atoms with E-state index in [4.69, 9.17) is 0 Å². The number of hydrogen-bond acceptors (Lipinski definition) is 2. The lowest BCUT2D eigenvalue weighted by atomic mass is 10.1. The van der Waals surface area contributed by atoms with Crippen molar-refractivity contribution in [3.05, 3.63) is 34.7 Å². The predicted octanol–water partition coefficient (Wildman–Crippen LogP) is 3.49. The van der Waals surface area contributed by atoms with Crippen LogP contribution in [0.5, 0.6) is 0 Å². The van der Waals surface area contributed by atoms with Crippen molar-refractivity contribution in [2.45, 2.75) is 19.9 Å². The number of hydrogen-bond donors (Lipinski definition) is 1. The summed E-state index contributed by atoms with van der Waals surface area (Å²) in [4.78, 5) is 1.38. The Morgan fingerprint density at radius 3 is 2.79 bits per heavy atom. The van der Waals surface area contributed by atoms with E-state index in [2.05, 4.69) is 43.4 Å². The number of aryl methyl sites for hydroxylation is 1. The van der Waals surface area contributed by atoms with Crippen molar-refractivity contribution in [3.63, 3.8) is 0 Å². The van der Waals surface area contributed by atoms with E-state index in [1.54, 1.807) is 0 Å². The van der Waals surface area contributed by atoms with Gasteiger partial charge in [0.2, 0.25) is 0 Å². The first-order valence-corrected chi connectivity index (χ1v) is 5.69. The highest BCUT2D eigenvalue weighted by molar-refractivity contribution is 7.19. The van der Waals surface area contributed by atoms with E-state index in [0.717, 1.165) is 0 Å². The van der Waals surface area contributed by atoms with E-state index in [1.165, 1.54) is 20.5 Å². The predicted molar refractivity (Wildman–Crippen MR) is 64.0 cm³/mol. The molecule has 2 rings (SSSR count). The van der Waals surface area contributed by atoms with E-state index in [-0.39, 0.29) is 0 Å². The summed E-state index contributed by atoms with van der Waals surface area (Å²) in [6, 6.07) is 9.38. The molecule has 1 atom stereocenters. The Labute approximate surface area is 88.8 Å². The van der Waals surface area contributed by atoms with Crippen molar-refractivity contribution in [3.8, 4) is 0 Å². The molecule has 1 N–H and O–H groups in total. The van der Waals surface area contributed by atoms with Crippen LogP contribution in [0.3, 0.4) is 0 Å². The third kappa shape index (κ3) is 1.68. The number of nitrogens with one attached hydrogen (secondary N) is 1. The van der Waals surface area contributed by atoms with Gasteiger partial charge in [-0.15, -0.1) is 11.3 Å². The van der Waals surface area contributed by atoms with Crippen LogP contribution >= 0.6 is 11.3 Å². The molecule has 0 amide bonds. The third-order valence-electron chi connectivity index (χ3n) is 2.60. The second-order valence-corrected chi connectivity index (χ2v) is 4.95. The van der Waals surface area contributed by atoms with Crippen molar-refractivity contribution in [2.24, 2.45) is 0 Å². The van der Waals surface area contributed by atoms with E-state index in [0.29, 0.717) is 6.04 Å². The molecular formula is C12H15NS. The third-order valence-corrected chi connectivity index (χ3v) is 3.61. The Hall–Kier alpha value is -0.860. The van der Waals surface area contributed by atoms with Gasteiger partial charge in [-0.3, -0.25) is 0 Å². The Morgan fingerprint density at radius 2 is 2.07 bits per heavy atom. The van der Waals surface area contributed by atoms with Crippen LogP contribution in [0.4, 0.5) is 0 Å². The number of fused-ring (bicyclic) bond motifs is 1. The van der Waals surface area contributed by atoms with E-state index in [9.17, 15) is 0 Å². The van der Waals surface area contributed by atoms with E-state index < -0.39 is 0 Å². The molecule has 14 heavy (non-hydrogen) atoms. The van der Waals surface area contributed by atoms with Gasteiger partial charge in [0.15, 0.2) is 0 Å². The molecule has 0 aliphatic rings. The van der Waals surface area contributed by atoms with Crippen LogP contribution in [0.2, 0.25) is 0 Å². The fraction of sp³-hybridized carbons (Fsp3) is 0.333. The first-order valence-electron chi connectivity index (χ1n) is 4.88. The Bertz CT molecular complexity index is 445. The van der Waals surface area contributed by atoms with Crippen LogP contribution in [0.25, 0.3) is 10.1 Å². The van der Waals surface area contributed by atoms with Crippen LogP contribution in [0, 0.1) is 6.92 Å². The van der Waals surface area contributed by atoms with E-state index >= 15 is 0 Å². The first kappa shape index (κ1) is 9.69. The van der Waals surface area contributed by atoms with Gasteiger partial charge >= 0.3 is 0 Å². The molecular weight excluding hydrogens is 190 g/mol. The largest absolute Gasteiger partial charge is 0.313 e. The smallest absolute Gasteiger partial charge is 0.0348 e. The summed E-state index contributed by atoms with van der Waals surface area (Å²) in [5, 5.41) is 4.62. The Kier molecular flexibility index (Phi) is 2.57. The summed E-state index contributed by atoms with van der Waals surface area (Å²) in [5.41, 5.74) is 1.36. The maximum atomic E-state index is 3.26. The molecule has 0 bridgehead atoms. The molecule has 2 aromatic rings. The minimum absolute atomic E-state index is 0.432. The van der Waals surface area contributed by atoms with Gasteiger partial charge in [-0.05, 0) is 44.0 Å². The van der Waals surface area contributed by atoms with E-state index in [1.807, 2.05) is 18.4 Å². The van der Waals surface area contributed by atoms with Gasteiger partial charge in [0.05, 0.1) is 0 Å². The molecule has 1 unspecified atom stereocenters. The Morgan fingerprint density at radius 1 is 1.29 bits per heavy atom. The zero-order valence-electron chi connectivity index (χ0n) is 8.79. The second kappa shape index (κ2) is 3.71. The highest BCUT2D eigenvalue weighted by atomic mass is 32.1. The summed E-state index contributed by atoms with van der Waals surface area (Å²) in [5.74, 6) is 0. The molecule has 1 aromatic heterocycles. The van der Waals surface area contributed by atoms with Gasteiger partial charge in [-0.2, -0.15) is 0 Å². The molecule has 74 valence electrons. The molecule has 0 spiro atoms. The molecule has 0 aliphatic carbocycles. The first-order chi connectivity index (χ1) is 6.70. The monoisotopic (exact) mass is 205 g/mol. The second-order valence-electron chi connectivity index (χ2n) is 3.66. The van der Waals surface area contributed by atoms with Gasteiger partial charge in [-0.25, -0.2) is 0 Å². The zero-order valence-corrected chi connectivity index (χ0v) is 9.61. The number of rotatable bonds is 2. The molecule has 1 heterocycles. The van der Waals surface area contributed by atoms with Crippen molar-refractivity contribution >= 4 is 21.4 Å². The quantitative estimate of drug-likeness (QED) is 0.791. The lowest BCUT2D eigenvalue weighted by Gasteiger charge is -2.09. The molecule has 0 aliphatic heterocycles. The zero-order chi connectivity index (χ0) is 10.1.